The molecule has 7 nitrogen and oxygen atoms in total. The highest BCUT2D eigenvalue weighted by atomic mass is 35.5. The van der Waals surface area contributed by atoms with Crippen LogP contribution >= 0.6 is 11.6 Å². The monoisotopic (exact) mass is 522 g/mol. The maximum atomic E-state index is 14.5. The van der Waals surface area contributed by atoms with E-state index in [-0.39, 0.29) is 29.1 Å². The number of hydrogen-bond donors (Lipinski definition) is 1. The van der Waals surface area contributed by atoms with Crippen LogP contribution in [0.4, 0.5) is 20.6 Å². The van der Waals surface area contributed by atoms with Crippen LogP contribution in [0.2, 0.25) is 5.02 Å². The Hall–Kier alpha value is -3.62. The Morgan fingerprint density at radius 1 is 1.08 bits per heavy atom. The molecular weight excluding hydrogens is 495 g/mol. The van der Waals surface area contributed by atoms with Crippen LogP contribution in [0, 0.1) is 5.82 Å². The average Bonchev–Trinajstić information content (AvgIpc) is 2.92. The molecule has 1 saturated heterocycles. The second kappa shape index (κ2) is 10.8. The first-order valence-corrected chi connectivity index (χ1v) is 12.6. The van der Waals surface area contributed by atoms with Gasteiger partial charge in [-0.1, -0.05) is 35.9 Å². The minimum Gasteiger partial charge on any atom is -0.378 e. The van der Waals surface area contributed by atoms with E-state index in [9.17, 15) is 14.0 Å². The van der Waals surface area contributed by atoms with Gasteiger partial charge in [-0.05, 0) is 47.5 Å². The van der Waals surface area contributed by atoms with E-state index in [2.05, 4.69) is 22.3 Å². The molecule has 2 aliphatic heterocycles. The molecular formula is C28H28ClFN4O3. The molecule has 1 N–H and O–H groups in total. The molecule has 0 spiro atoms. The lowest BCUT2D eigenvalue weighted by molar-refractivity contribution is 0.0950. The van der Waals surface area contributed by atoms with Gasteiger partial charge in [-0.25, -0.2) is 9.18 Å². The van der Waals surface area contributed by atoms with Crippen LogP contribution < -0.4 is 15.1 Å². The Bertz CT molecular complexity index is 1310. The van der Waals surface area contributed by atoms with Crippen molar-refractivity contribution in [3.8, 4) is 0 Å². The van der Waals surface area contributed by atoms with Gasteiger partial charge in [0.2, 0.25) is 0 Å². The summed E-state index contributed by atoms with van der Waals surface area (Å²) in [7, 11) is 1.69. The van der Waals surface area contributed by atoms with Gasteiger partial charge in [-0.2, -0.15) is 0 Å². The maximum absolute atomic E-state index is 14.5. The lowest BCUT2D eigenvalue weighted by Crippen LogP contribution is -2.45. The van der Waals surface area contributed by atoms with Crippen LogP contribution in [0.3, 0.4) is 0 Å². The summed E-state index contributed by atoms with van der Waals surface area (Å²) in [6, 6.07) is 17.5. The molecule has 192 valence electrons. The third-order valence-corrected chi connectivity index (χ3v) is 7.08. The number of anilines is 2. The number of carbonyl (C=O) groups is 2. The van der Waals surface area contributed by atoms with Crippen molar-refractivity contribution >= 4 is 34.9 Å². The largest absolute Gasteiger partial charge is 0.378 e. The van der Waals surface area contributed by atoms with Gasteiger partial charge in [0, 0.05) is 55.1 Å². The van der Waals surface area contributed by atoms with E-state index in [0.717, 1.165) is 29.9 Å². The van der Waals surface area contributed by atoms with Gasteiger partial charge < -0.3 is 19.9 Å². The zero-order valence-corrected chi connectivity index (χ0v) is 21.3. The summed E-state index contributed by atoms with van der Waals surface area (Å²) in [5.41, 5.74) is 4.18. The van der Waals surface area contributed by atoms with Crippen molar-refractivity contribution in [2.24, 2.45) is 0 Å². The number of nitrogens with one attached hydrogen (secondary N) is 1. The summed E-state index contributed by atoms with van der Waals surface area (Å²) in [4.78, 5) is 31.4. The number of morpholine rings is 1. The summed E-state index contributed by atoms with van der Waals surface area (Å²) in [6.07, 6.45) is 0. The fourth-order valence-corrected chi connectivity index (χ4v) is 4.91. The predicted molar refractivity (Wildman–Crippen MR) is 142 cm³/mol. The number of carbonyl (C=O) groups excluding carboxylic acids is 2. The van der Waals surface area contributed by atoms with Crippen molar-refractivity contribution in [3.05, 3.63) is 93.8 Å². The standard InChI is InChI=1S/C28H28ClFN4O3/c1-32-17-21-9-8-20(15-26(21)34(28(32)36)18-23-24(29)6-3-7-25(23)30)27(35)31-16-19-4-2-5-22(14-19)33-10-12-37-13-11-33/h2-9,14-15H,10-13,16-18H2,1H3,(H,31,35). The minimum atomic E-state index is -0.483. The predicted octanol–water partition coefficient (Wildman–Crippen LogP) is 4.82. The van der Waals surface area contributed by atoms with Gasteiger partial charge in [-0.3, -0.25) is 9.69 Å². The highest BCUT2D eigenvalue weighted by molar-refractivity contribution is 6.31. The number of amides is 3. The Balaban J connectivity index is 1.34. The molecule has 0 bridgehead atoms. The Morgan fingerprint density at radius 3 is 2.65 bits per heavy atom. The van der Waals surface area contributed by atoms with E-state index < -0.39 is 5.82 Å². The molecule has 0 saturated carbocycles. The SMILES string of the molecule is CN1Cc2ccc(C(=O)NCc3cccc(N4CCOCC4)c3)cc2N(Cc2c(F)cccc2Cl)C1=O. The number of hydrogen-bond acceptors (Lipinski definition) is 4. The summed E-state index contributed by atoms with van der Waals surface area (Å²) < 4.78 is 19.9. The summed E-state index contributed by atoms with van der Waals surface area (Å²) >= 11 is 6.24. The van der Waals surface area contributed by atoms with Crippen molar-refractivity contribution in [2.45, 2.75) is 19.6 Å². The van der Waals surface area contributed by atoms with E-state index in [1.54, 1.807) is 30.1 Å². The molecule has 9 heteroatoms. The minimum absolute atomic E-state index is 0.0406. The van der Waals surface area contributed by atoms with Crippen LogP contribution in [0.25, 0.3) is 0 Å². The first kappa shape index (κ1) is 25.0. The van der Waals surface area contributed by atoms with Crippen LogP contribution in [0.5, 0.6) is 0 Å². The van der Waals surface area contributed by atoms with Gasteiger partial charge >= 0.3 is 6.03 Å². The quantitative estimate of drug-likeness (QED) is 0.504. The van der Waals surface area contributed by atoms with Crippen molar-refractivity contribution in [1.82, 2.24) is 10.2 Å². The third-order valence-electron chi connectivity index (χ3n) is 6.72. The summed E-state index contributed by atoms with van der Waals surface area (Å²) in [6.45, 7) is 3.81. The van der Waals surface area contributed by atoms with E-state index in [1.165, 1.54) is 17.0 Å². The molecule has 0 unspecified atom stereocenters. The number of fused-ring (bicyclic) bond motifs is 1. The van der Waals surface area contributed by atoms with Crippen LogP contribution in [-0.4, -0.2) is 50.2 Å². The van der Waals surface area contributed by atoms with Gasteiger partial charge in [0.25, 0.3) is 5.91 Å². The van der Waals surface area contributed by atoms with Gasteiger partial charge in [-0.15, -0.1) is 0 Å². The fourth-order valence-electron chi connectivity index (χ4n) is 4.69. The number of halogens is 2. The molecule has 0 aromatic heterocycles. The number of ether oxygens (including phenoxy) is 1. The van der Waals surface area contributed by atoms with Crippen LogP contribution in [0.15, 0.2) is 60.7 Å². The van der Waals surface area contributed by atoms with Crippen molar-refractivity contribution in [2.75, 3.05) is 43.2 Å². The number of urea groups is 1. The second-order valence-corrected chi connectivity index (χ2v) is 9.63. The maximum Gasteiger partial charge on any atom is 0.324 e. The van der Waals surface area contributed by atoms with Crippen LogP contribution in [-0.2, 0) is 24.4 Å². The molecule has 0 radical (unpaired) electrons. The van der Waals surface area contributed by atoms with Gasteiger partial charge in [0.1, 0.15) is 5.82 Å². The molecule has 3 amide bonds. The fraction of sp³-hybridized carbons (Fsp3) is 0.286. The Labute approximate surface area is 220 Å². The van der Waals surface area contributed by atoms with Crippen molar-refractivity contribution < 1.29 is 18.7 Å². The molecule has 37 heavy (non-hydrogen) atoms. The normalized spacial score (nSPS) is 15.5. The average molecular weight is 523 g/mol. The third kappa shape index (κ3) is 5.40. The van der Waals surface area contributed by atoms with E-state index in [1.807, 2.05) is 18.2 Å². The first-order valence-electron chi connectivity index (χ1n) is 12.2. The number of nitrogens with zero attached hydrogens (tertiary/aromatic N) is 3. The molecule has 5 rings (SSSR count). The van der Waals surface area contributed by atoms with E-state index in [0.29, 0.717) is 37.6 Å². The van der Waals surface area contributed by atoms with Crippen molar-refractivity contribution in [1.29, 1.82) is 0 Å². The van der Waals surface area contributed by atoms with E-state index in [4.69, 9.17) is 16.3 Å². The second-order valence-electron chi connectivity index (χ2n) is 9.22. The van der Waals surface area contributed by atoms with E-state index >= 15 is 0 Å². The topological polar surface area (TPSA) is 65.1 Å². The number of benzene rings is 3. The lowest BCUT2D eigenvalue weighted by atomic mass is 10.0. The smallest absolute Gasteiger partial charge is 0.324 e. The van der Waals surface area contributed by atoms with Crippen LogP contribution in [0.1, 0.15) is 27.0 Å². The highest BCUT2D eigenvalue weighted by Gasteiger charge is 2.30. The van der Waals surface area contributed by atoms with Gasteiger partial charge in [0.15, 0.2) is 0 Å². The number of rotatable bonds is 6. The molecule has 0 aliphatic carbocycles. The zero-order chi connectivity index (χ0) is 25.9. The Morgan fingerprint density at radius 2 is 1.86 bits per heavy atom. The zero-order valence-electron chi connectivity index (χ0n) is 20.5. The first-order chi connectivity index (χ1) is 17.9. The lowest BCUT2D eigenvalue weighted by Gasteiger charge is -2.35. The molecule has 2 aliphatic rings. The van der Waals surface area contributed by atoms with Crippen molar-refractivity contribution in [3.63, 3.8) is 0 Å². The Kier molecular flexibility index (Phi) is 7.30. The summed E-state index contributed by atoms with van der Waals surface area (Å²) in [5.74, 6) is -0.738. The summed E-state index contributed by atoms with van der Waals surface area (Å²) in [5, 5.41) is 3.22. The molecule has 1 fully saturated rings. The highest BCUT2D eigenvalue weighted by Crippen LogP contribution is 2.32. The molecule has 2 heterocycles. The van der Waals surface area contributed by atoms with Gasteiger partial charge in [0.05, 0.1) is 25.4 Å². The molecule has 3 aromatic rings. The molecule has 3 aromatic carbocycles. The molecule has 0 atom stereocenters.